The maximum absolute atomic E-state index is 13.1. The third-order valence-electron chi connectivity index (χ3n) is 5.39. The number of hydrogen-bond donors (Lipinski definition) is 0. The summed E-state index contributed by atoms with van der Waals surface area (Å²) in [5.41, 5.74) is 0.358. The van der Waals surface area contributed by atoms with Crippen molar-refractivity contribution in [3.63, 3.8) is 0 Å². The predicted molar refractivity (Wildman–Crippen MR) is 98.7 cm³/mol. The molecule has 3 rings (SSSR count). The van der Waals surface area contributed by atoms with E-state index in [2.05, 4.69) is 5.16 Å². The molecule has 0 spiro atoms. The first-order valence-electron chi connectivity index (χ1n) is 9.68. The van der Waals surface area contributed by atoms with Crippen LogP contribution in [0.5, 0.6) is 0 Å². The number of sulfonamides is 1. The van der Waals surface area contributed by atoms with E-state index in [1.54, 1.807) is 13.8 Å². The maximum Gasteiger partial charge on any atom is 0.248 e. The summed E-state index contributed by atoms with van der Waals surface area (Å²) in [6.45, 7) is 7.76. The molecule has 0 saturated carbocycles. The van der Waals surface area contributed by atoms with Crippen LogP contribution in [0.2, 0.25) is 0 Å². The van der Waals surface area contributed by atoms with Crippen molar-refractivity contribution < 1.29 is 22.5 Å². The van der Waals surface area contributed by atoms with Crippen molar-refractivity contribution in [2.45, 2.75) is 57.5 Å². The average molecular weight is 400 g/mol. The van der Waals surface area contributed by atoms with Crippen LogP contribution in [0.4, 0.5) is 0 Å². The van der Waals surface area contributed by atoms with Gasteiger partial charge in [-0.15, -0.1) is 0 Å². The Morgan fingerprint density at radius 2 is 1.96 bits per heavy atom. The third kappa shape index (κ3) is 4.20. The van der Waals surface area contributed by atoms with Gasteiger partial charge < -0.3 is 14.2 Å². The van der Waals surface area contributed by atoms with Crippen molar-refractivity contribution >= 4 is 15.9 Å². The number of carbonyl (C=O) groups is 1. The number of rotatable bonds is 5. The molecule has 0 N–H and O–H groups in total. The topological polar surface area (TPSA) is 93.0 Å². The Bertz CT molecular complexity index is 754. The second-order valence-electron chi connectivity index (χ2n) is 7.36. The molecule has 1 aromatic heterocycles. The highest BCUT2D eigenvalue weighted by Gasteiger charge is 2.38. The van der Waals surface area contributed by atoms with Gasteiger partial charge in [0.05, 0.1) is 12.0 Å². The highest BCUT2D eigenvalue weighted by Crippen LogP contribution is 2.29. The molecule has 8 nitrogen and oxygen atoms in total. The van der Waals surface area contributed by atoms with Gasteiger partial charge in [0.15, 0.2) is 5.76 Å². The van der Waals surface area contributed by atoms with Gasteiger partial charge >= 0.3 is 0 Å². The van der Waals surface area contributed by atoms with Gasteiger partial charge in [0.25, 0.3) is 0 Å². The molecule has 1 amide bonds. The van der Waals surface area contributed by atoms with E-state index in [9.17, 15) is 13.2 Å². The number of amides is 1. The average Bonchev–Trinajstić information content (AvgIpc) is 3.01. The molecule has 3 heterocycles. The van der Waals surface area contributed by atoms with Gasteiger partial charge in [0, 0.05) is 32.8 Å². The Balaban J connectivity index is 1.71. The summed E-state index contributed by atoms with van der Waals surface area (Å²) in [6, 6.07) is 0. The Kier molecular flexibility index (Phi) is 6.22. The molecule has 27 heavy (non-hydrogen) atoms. The summed E-state index contributed by atoms with van der Waals surface area (Å²) in [6.07, 6.45) is 3.35. The zero-order valence-electron chi connectivity index (χ0n) is 16.3. The first kappa shape index (κ1) is 20.3. The molecule has 0 radical (unpaired) electrons. The molecule has 2 atom stereocenters. The molecule has 2 aliphatic heterocycles. The maximum atomic E-state index is 13.1. The number of aromatic nitrogens is 1. The number of nitrogens with zero attached hydrogens (tertiary/aromatic N) is 3. The van der Waals surface area contributed by atoms with E-state index >= 15 is 0 Å². The number of piperidine rings is 2. The number of hydrogen-bond acceptors (Lipinski definition) is 6. The van der Waals surface area contributed by atoms with Crippen LogP contribution < -0.4 is 0 Å². The van der Waals surface area contributed by atoms with Gasteiger partial charge in [-0.1, -0.05) is 5.16 Å². The van der Waals surface area contributed by atoms with E-state index in [0.717, 1.165) is 19.4 Å². The molecule has 9 heteroatoms. The Morgan fingerprint density at radius 1 is 1.22 bits per heavy atom. The van der Waals surface area contributed by atoms with Gasteiger partial charge in [-0.25, -0.2) is 8.42 Å². The summed E-state index contributed by atoms with van der Waals surface area (Å²) < 4.78 is 38.2. The van der Waals surface area contributed by atoms with Crippen LogP contribution in [0.25, 0.3) is 0 Å². The molecule has 2 unspecified atom stereocenters. The van der Waals surface area contributed by atoms with Crippen LogP contribution >= 0.6 is 0 Å². The molecule has 0 aromatic carbocycles. The van der Waals surface area contributed by atoms with Crippen molar-refractivity contribution in [2.75, 3.05) is 32.8 Å². The normalized spacial score (nSPS) is 24.9. The van der Waals surface area contributed by atoms with Gasteiger partial charge in [0.1, 0.15) is 10.6 Å². The molecular formula is C18H29N3O5S. The zero-order chi connectivity index (χ0) is 19.6. The minimum absolute atomic E-state index is 0.0399. The largest absolute Gasteiger partial charge is 0.377 e. The Morgan fingerprint density at radius 3 is 2.63 bits per heavy atom. The summed E-state index contributed by atoms with van der Waals surface area (Å²) in [4.78, 5) is 15.0. The van der Waals surface area contributed by atoms with Crippen LogP contribution in [0, 0.1) is 19.8 Å². The van der Waals surface area contributed by atoms with E-state index in [1.165, 1.54) is 4.31 Å². The number of ether oxygens (including phenoxy) is 1. The van der Waals surface area contributed by atoms with Crippen molar-refractivity contribution in [1.82, 2.24) is 14.4 Å². The van der Waals surface area contributed by atoms with Crippen LogP contribution in [0.1, 0.15) is 44.1 Å². The van der Waals surface area contributed by atoms with E-state index in [1.807, 2.05) is 11.8 Å². The van der Waals surface area contributed by atoms with Crippen molar-refractivity contribution in [1.29, 1.82) is 0 Å². The highest BCUT2D eigenvalue weighted by molar-refractivity contribution is 7.89. The Labute approximate surface area is 160 Å². The number of likely N-dealkylation sites (tertiary alicyclic amines) is 1. The van der Waals surface area contributed by atoms with Crippen molar-refractivity contribution in [3.05, 3.63) is 11.5 Å². The molecule has 2 fully saturated rings. The van der Waals surface area contributed by atoms with Gasteiger partial charge in [0.2, 0.25) is 15.9 Å². The lowest BCUT2D eigenvalue weighted by Gasteiger charge is -2.37. The van der Waals surface area contributed by atoms with Gasteiger partial charge in [-0.3, -0.25) is 4.79 Å². The second-order valence-corrected chi connectivity index (χ2v) is 9.23. The molecule has 2 saturated heterocycles. The quantitative estimate of drug-likeness (QED) is 0.748. The molecule has 0 bridgehead atoms. The van der Waals surface area contributed by atoms with E-state index in [4.69, 9.17) is 9.26 Å². The van der Waals surface area contributed by atoms with Crippen LogP contribution in [0.15, 0.2) is 9.42 Å². The van der Waals surface area contributed by atoms with Crippen molar-refractivity contribution in [3.8, 4) is 0 Å². The van der Waals surface area contributed by atoms with Crippen LogP contribution in [0.3, 0.4) is 0 Å². The standard InChI is InChI=1S/C18H29N3O5S/c1-4-25-16-8-6-9-20(12-16)18(22)15-7-5-10-21(11-15)27(23,24)17-13(2)19-26-14(17)3/h15-16H,4-12H2,1-3H3. The minimum Gasteiger partial charge on any atom is -0.377 e. The molecule has 0 aliphatic carbocycles. The first-order valence-corrected chi connectivity index (χ1v) is 11.1. The lowest BCUT2D eigenvalue weighted by atomic mass is 9.96. The van der Waals surface area contributed by atoms with E-state index in [-0.39, 0.29) is 35.1 Å². The highest BCUT2D eigenvalue weighted by atomic mass is 32.2. The lowest BCUT2D eigenvalue weighted by molar-refractivity contribution is -0.140. The predicted octanol–water partition coefficient (Wildman–Crippen LogP) is 1.72. The van der Waals surface area contributed by atoms with Crippen molar-refractivity contribution in [2.24, 2.45) is 5.92 Å². The molecule has 1 aromatic rings. The monoisotopic (exact) mass is 399 g/mol. The Hall–Kier alpha value is -1.45. The lowest BCUT2D eigenvalue weighted by Crippen LogP contribution is -2.50. The minimum atomic E-state index is -3.71. The molecule has 2 aliphatic rings. The first-order chi connectivity index (χ1) is 12.8. The fourth-order valence-corrected chi connectivity index (χ4v) is 5.92. The SMILES string of the molecule is CCOC1CCCN(C(=O)C2CCCN(S(=O)(=O)c3c(C)noc3C)C2)C1. The van der Waals surface area contributed by atoms with Gasteiger partial charge in [-0.05, 0) is 46.5 Å². The van der Waals surface area contributed by atoms with Crippen LogP contribution in [-0.4, -0.2) is 67.6 Å². The second kappa shape index (κ2) is 8.28. The molecular weight excluding hydrogens is 370 g/mol. The summed E-state index contributed by atoms with van der Waals surface area (Å²) >= 11 is 0. The van der Waals surface area contributed by atoms with E-state index in [0.29, 0.717) is 38.2 Å². The number of carbonyl (C=O) groups excluding carboxylic acids is 1. The fraction of sp³-hybridized carbons (Fsp3) is 0.778. The number of aryl methyl sites for hydroxylation is 2. The zero-order valence-corrected chi connectivity index (χ0v) is 17.1. The summed E-state index contributed by atoms with van der Waals surface area (Å²) in [5.74, 6) is 0.0176. The van der Waals surface area contributed by atoms with Crippen LogP contribution in [-0.2, 0) is 19.6 Å². The summed E-state index contributed by atoms with van der Waals surface area (Å²) in [7, 11) is -3.71. The third-order valence-corrected chi connectivity index (χ3v) is 7.50. The smallest absolute Gasteiger partial charge is 0.248 e. The van der Waals surface area contributed by atoms with Gasteiger partial charge in [-0.2, -0.15) is 4.31 Å². The fourth-order valence-electron chi connectivity index (χ4n) is 4.10. The van der Waals surface area contributed by atoms with E-state index < -0.39 is 10.0 Å². The summed E-state index contributed by atoms with van der Waals surface area (Å²) in [5, 5.41) is 3.76. The molecule has 152 valence electrons.